The van der Waals surface area contributed by atoms with Gasteiger partial charge in [0, 0.05) is 11.8 Å². The maximum absolute atomic E-state index is 12.9. The molecule has 252 valence electrons. The van der Waals surface area contributed by atoms with E-state index in [9.17, 15) is 45.8 Å². The number of carbonyl (C=O) groups excluding carboxylic acids is 3. The van der Waals surface area contributed by atoms with Crippen molar-refractivity contribution >= 4 is 17.9 Å². The Morgan fingerprint density at radius 1 is 0.795 bits per heavy atom. The van der Waals surface area contributed by atoms with Crippen LogP contribution in [-0.2, 0) is 28.6 Å². The highest BCUT2D eigenvalue weighted by atomic mass is 19.4. The van der Waals surface area contributed by atoms with Crippen molar-refractivity contribution in [3.05, 3.63) is 0 Å². The SMILES string of the molecule is CCC(C)(C)C(=O)OC1C2CC3C(=O)OC1C3C2.CCC(C)(C)C(=O)OC1CC2CC1CC2CC(O)(C(F)(F)F)C(F)(F)F. The normalized spacial score (nSPS) is 34.5. The first-order chi connectivity index (χ1) is 20.1. The summed E-state index contributed by atoms with van der Waals surface area (Å²) in [5.74, 6) is -1.53. The van der Waals surface area contributed by atoms with Crippen LogP contribution in [0.3, 0.4) is 0 Å². The molecular weight excluding hydrogens is 598 g/mol. The topological polar surface area (TPSA) is 99.1 Å². The van der Waals surface area contributed by atoms with E-state index in [1.165, 1.54) is 0 Å². The summed E-state index contributed by atoms with van der Waals surface area (Å²) in [7, 11) is 0. The van der Waals surface area contributed by atoms with E-state index in [2.05, 4.69) is 0 Å². The third-order valence-corrected chi connectivity index (χ3v) is 11.2. The van der Waals surface area contributed by atoms with E-state index in [0.29, 0.717) is 24.7 Å². The predicted molar refractivity (Wildman–Crippen MR) is 143 cm³/mol. The summed E-state index contributed by atoms with van der Waals surface area (Å²) in [6, 6.07) is 0. The molecular formula is C31H44F6O7. The van der Waals surface area contributed by atoms with Crippen molar-refractivity contribution in [3.8, 4) is 0 Å². The molecule has 0 aromatic heterocycles. The second kappa shape index (κ2) is 11.6. The Kier molecular flexibility index (Phi) is 9.21. The van der Waals surface area contributed by atoms with Gasteiger partial charge in [0.15, 0.2) is 0 Å². The molecule has 44 heavy (non-hydrogen) atoms. The van der Waals surface area contributed by atoms with Crippen molar-refractivity contribution < 1.29 is 60.0 Å². The predicted octanol–water partition coefficient (Wildman–Crippen LogP) is 6.54. The minimum Gasteiger partial charge on any atom is -0.462 e. The van der Waals surface area contributed by atoms with Gasteiger partial charge >= 0.3 is 30.3 Å². The van der Waals surface area contributed by atoms with Crippen LogP contribution in [0.15, 0.2) is 0 Å². The first-order valence-corrected chi connectivity index (χ1v) is 15.5. The van der Waals surface area contributed by atoms with Crippen LogP contribution in [0.25, 0.3) is 0 Å². The summed E-state index contributed by atoms with van der Waals surface area (Å²) in [5, 5.41) is 9.39. The number of esters is 3. The van der Waals surface area contributed by atoms with Crippen molar-refractivity contribution in [3.63, 3.8) is 0 Å². The maximum Gasteiger partial charge on any atom is 0.426 e. The van der Waals surface area contributed by atoms with Crippen molar-refractivity contribution in [2.45, 2.75) is 129 Å². The van der Waals surface area contributed by atoms with Crippen molar-refractivity contribution in [2.24, 2.45) is 46.3 Å². The summed E-state index contributed by atoms with van der Waals surface area (Å²) < 4.78 is 93.8. The Labute approximate surface area is 253 Å². The summed E-state index contributed by atoms with van der Waals surface area (Å²) >= 11 is 0. The third kappa shape index (κ3) is 6.19. The molecule has 0 aromatic rings. The molecule has 9 unspecified atom stereocenters. The lowest BCUT2D eigenvalue weighted by molar-refractivity contribution is -0.373. The Balaban J connectivity index is 0.000000213. The first-order valence-electron chi connectivity index (χ1n) is 15.5. The van der Waals surface area contributed by atoms with Crippen LogP contribution in [0.4, 0.5) is 26.3 Å². The lowest BCUT2D eigenvalue weighted by atomic mass is 9.78. The summed E-state index contributed by atoms with van der Waals surface area (Å²) in [4.78, 5) is 35.9. The van der Waals surface area contributed by atoms with E-state index in [4.69, 9.17) is 14.2 Å². The van der Waals surface area contributed by atoms with Crippen LogP contribution in [0, 0.1) is 46.3 Å². The van der Waals surface area contributed by atoms with Gasteiger partial charge in [0.05, 0.1) is 16.7 Å². The lowest BCUT2D eigenvalue weighted by Gasteiger charge is -2.37. The molecule has 0 spiro atoms. The fourth-order valence-corrected chi connectivity index (χ4v) is 7.44. The van der Waals surface area contributed by atoms with Gasteiger partial charge in [0.1, 0.15) is 18.3 Å². The number of carbonyl (C=O) groups is 3. The minimum atomic E-state index is -5.79. The molecule has 1 aliphatic heterocycles. The largest absolute Gasteiger partial charge is 0.462 e. The second-order valence-electron chi connectivity index (χ2n) is 14.7. The molecule has 7 nitrogen and oxygen atoms in total. The van der Waals surface area contributed by atoms with Gasteiger partial charge in [-0.1, -0.05) is 13.8 Å². The maximum atomic E-state index is 12.9. The molecule has 13 heteroatoms. The molecule has 1 saturated heterocycles. The zero-order valence-corrected chi connectivity index (χ0v) is 26.0. The van der Waals surface area contributed by atoms with E-state index in [1.54, 1.807) is 13.8 Å². The summed E-state index contributed by atoms with van der Waals surface area (Å²) in [6.45, 7) is 11.0. The number of rotatable bonds is 8. The lowest BCUT2D eigenvalue weighted by Crippen LogP contribution is -2.58. The third-order valence-electron chi connectivity index (χ3n) is 11.2. The Morgan fingerprint density at radius 3 is 1.82 bits per heavy atom. The van der Waals surface area contributed by atoms with Crippen molar-refractivity contribution in [1.29, 1.82) is 0 Å². The standard InChI is InChI=1S/C17H24F6O3.C14H20O4/c1-4-14(2,3)13(24)26-12-7-9-5-10(12)6-11(9)8-15(25,16(18,19)20)17(21,22)23;1-4-14(2,3)13(16)18-10-7-5-8-9(6-7)12(15)17-11(8)10/h9-12,25H,4-8H2,1-3H3;7-11H,4-6H2,1-3H3. The molecule has 5 aliphatic rings. The fourth-order valence-electron chi connectivity index (χ4n) is 7.44. The van der Waals surface area contributed by atoms with Gasteiger partial charge in [-0.05, 0) is 96.8 Å². The van der Waals surface area contributed by atoms with E-state index in [1.807, 2.05) is 27.7 Å². The smallest absolute Gasteiger partial charge is 0.426 e. The van der Waals surface area contributed by atoms with Gasteiger partial charge in [-0.15, -0.1) is 0 Å². The average molecular weight is 643 g/mol. The van der Waals surface area contributed by atoms with Gasteiger partial charge in [-0.3, -0.25) is 14.4 Å². The number of aliphatic hydroxyl groups is 1. The highest BCUT2D eigenvalue weighted by molar-refractivity contribution is 5.78. The molecule has 4 saturated carbocycles. The van der Waals surface area contributed by atoms with Crippen LogP contribution in [0.1, 0.15) is 92.9 Å². The Bertz CT molecular complexity index is 1100. The quantitative estimate of drug-likeness (QED) is 0.182. The molecule has 5 fully saturated rings. The number of halogens is 6. The molecule has 0 radical (unpaired) electrons. The number of alkyl halides is 6. The zero-order valence-electron chi connectivity index (χ0n) is 26.0. The van der Waals surface area contributed by atoms with Crippen molar-refractivity contribution in [1.82, 2.24) is 0 Å². The zero-order chi connectivity index (χ0) is 33.2. The molecule has 1 N–H and O–H groups in total. The van der Waals surface area contributed by atoms with Gasteiger partial charge in [0.2, 0.25) is 0 Å². The van der Waals surface area contributed by atoms with Crippen LogP contribution in [0.5, 0.6) is 0 Å². The van der Waals surface area contributed by atoms with Crippen LogP contribution in [-0.4, -0.2) is 59.3 Å². The monoisotopic (exact) mass is 642 g/mol. The average Bonchev–Trinajstić information content (AvgIpc) is 3.71. The first kappa shape index (κ1) is 34.8. The van der Waals surface area contributed by atoms with E-state index in [-0.39, 0.29) is 48.8 Å². The number of fused-ring (bicyclic) bond motifs is 3. The highest BCUT2D eigenvalue weighted by Crippen LogP contribution is 2.57. The molecule has 4 bridgehead atoms. The number of hydrogen-bond donors (Lipinski definition) is 1. The van der Waals surface area contributed by atoms with Gasteiger partial charge in [0.25, 0.3) is 5.60 Å². The van der Waals surface area contributed by atoms with Gasteiger partial charge in [-0.2, -0.15) is 26.3 Å². The minimum absolute atomic E-state index is 0.0779. The summed E-state index contributed by atoms with van der Waals surface area (Å²) in [5.41, 5.74) is -5.84. The van der Waals surface area contributed by atoms with Crippen molar-refractivity contribution in [2.75, 3.05) is 0 Å². The number of hydrogen-bond acceptors (Lipinski definition) is 7. The van der Waals surface area contributed by atoms with E-state index >= 15 is 0 Å². The van der Waals surface area contributed by atoms with E-state index in [0.717, 1.165) is 19.3 Å². The van der Waals surface area contributed by atoms with E-state index < -0.39 is 59.1 Å². The highest BCUT2D eigenvalue weighted by Gasteiger charge is 2.71. The van der Waals surface area contributed by atoms with Gasteiger partial charge < -0.3 is 19.3 Å². The molecule has 5 rings (SSSR count). The van der Waals surface area contributed by atoms with Crippen LogP contribution < -0.4 is 0 Å². The van der Waals surface area contributed by atoms with Crippen LogP contribution >= 0.6 is 0 Å². The molecule has 4 aliphatic carbocycles. The molecule has 0 aromatic carbocycles. The Morgan fingerprint density at radius 2 is 1.34 bits per heavy atom. The van der Waals surface area contributed by atoms with Gasteiger partial charge in [-0.25, -0.2) is 0 Å². The summed E-state index contributed by atoms with van der Waals surface area (Å²) in [6.07, 6.45) is -9.95. The second-order valence-corrected chi connectivity index (χ2v) is 14.7. The number of ether oxygens (including phenoxy) is 3. The molecule has 1 heterocycles. The molecule has 9 atom stereocenters. The Hall–Kier alpha value is -2.05. The molecule has 0 amide bonds. The fraction of sp³-hybridized carbons (Fsp3) is 0.903. The van der Waals surface area contributed by atoms with Crippen LogP contribution in [0.2, 0.25) is 0 Å².